The van der Waals surface area contributed by atoms with Gasteiger partial charge < -0.3 is 14.4 Å². The number of fused-ring (bicyclic) bond motifs is 1. The summed E-state index contributed by atoms with van der Waals surface area (Å²) in [5.74, 6) is 0.426. The number of likely N-dealkylation sites (N-methyl/N-ethyl adjacent to an activating group) is 1. The van der Waals surface area contributed by atoms with E-state index in [2.05, 4.69) is 33.6 Å². The summed E-state index contributed by atoms with van der Waals surface area (Å²) in [5, 5.41) is 9.15. The number of hydrogen-bond donors (Lipinski definition) is 0. The summed E-state index contributed by atoms with van der Waals surface area (Å²) in [7, 11) is 1.64. The lowest BCUT2D eigenvalue weighted by Crippen LogP contribution is -2.28. The highest BCUT2D eigenvalue weighted by atomic mass is 32.1. The highest BCUT2D eigenvalue weighted by Gasteiger charge is 2.08. The fraction of sp³-hybridized carbons (Fsp3) is 0.273. The maximum atomic E-state index is 11.5. The SMILES string of the molecule is C=C(C)C(=O)OCCN(CC)c1ccc(N=Nc2nc3ccc(OC)cc3s2)cc1. The van der Waals surface area contributed by atoms with Crippen molar-refractivity contribution < 1.29 is 14.3 Å². The number of anilines is 1. The number of hydrogen-bond acceptors (Lipinski definition) is 8. The molecule has 0 unspecified atom stereocenters. The number of azo groups is 1. The Kier molecular flexibility index (Phi) is 7.13. The number of benzene rings is 2. The number of nitrogens with zero attached hydrogens (tertiary/aromatic N) is 4. The normalized spacial score (nSPS) is 11.0. The molecule has 7 nitrogen and oxygen atoms in total. The largest absolute Gasteiger partial charge is 0.497 e. The molecular weight excluding hydrogens is 400 g/mol. The number of esters is 1. The average molecular weight is 425 g/mol. The van der Waals surface area contributed by atoms with E-state index in [0.717, 1.165) is 33.9 Å². The van der Waals surface area contributed by atoms with Gasteiger partial charge in [0, 0.05) is 17.8 Å². The Balaban J connectivity index is 1.63. The topological polar surface area (TPSA) is 76.4 Å². The minimum Gasteiger partial charge on any atom is -0.497 e. The summed E-state index contributed by atoms with van der Waals surface area (Å²) in [4.78, 5) is 18.1. The minimum atomic E-state index is -0.366. The summed E-state index contributed by atoms with van der Waals surface area (Å²) in [6.07, 6.45) is 0. The molecule has 156 valence electrons. The molecule has 0 saturated carbocycles. The van der Waals surface area contributed by atoms with Crippen molar-refractivity contribution in [2.45, 2.75) is 13.8 Å². The van der Waals surface area contributed by atoms with Crippen LogP contribution >= 0.6 is 11.3 Å². The van der Waals surface area contributed by atoms with E-state index in [0.29, 0.717) is 23.9 Å². The monoisotopic (exact) mass is 424 g/mol. The Hall–Kier alpha value is -3.26. The van der Waals surface area contributed by atoms with Crippen molar-refractivity contribution in [2.24, 2.45) is 10.2 Å². The molecule has 0 amide bonds. The molecule has 0 saturated heterocycles. The van der Waals surface area contributed by atoms with Crippen molar-refractivity contribution >= 4 is 44.0 Å². The van der Waals surface area contributed by atoms with E-state index in [1.807, 2.05) is 42.5 Å². The van der Waals surface area contributed by atoms with Gasteiger partial charge in [-0.15, -0.1) is 10.2 Å². The Bertz CT molecular complexity index is 1060. The van der Waals surface area contributed by atoms with Crippen molar-refractivity contribution in [1.29, 1.82) is 0 Å². The lowest BCUT2D eigenvalue weighted by atomic mass is 10.2. The van der Waals surface area contributed by atoms with Gasteiger partial charge >= 0.3 is 5.97 Å². The summed E-state index contributed by atoms with van der Waals surface area (Å²) >= 11 is 1.46. The van der Waals surface area contributed by atoms with E-state index in [-0.39, 0.29) is 5.97 Å². The predicted molar refractivity (Wildman–Crippen MR) is 120 cm³/mol. The van der Waals surface area contributed by atoms with Crippen LogP contribution in [0.5, 0.6) is 5.75 Å². The maximum absolute atomic E-state index is 11.5. The van der Waals surface area contributed by atoms with Gasteiger partial charge in [-0.1, -0.05) is 17.9 Å². The molecule has 1 aromatic heterocycles. The molecule has 1 heterocycles. The fourth-order valence-corrected chi connectivity index (χ4v) is 3.55. The molecule has 0 aliphatic heterocycles. The quantitative estimate of drug-likeness (QED) is 0.251. The van der Waals surface area contributed by atoms with Crippen molar-refractivity contribution in [3.63, 3.8) is 0 Å². The van der Waals surface area contributed by atoms with Crippen molar-refractivity contribution in [3.05, 3.63) is 54.6 Å². The fourth-order valence-electron chi connectivity index (χ4n) is 2.73. The number of rotatable bonds is 9. The number of methoxy groups -OCH3 is 1. The van der Waals surface area contributed by atoms with Crippen LogP contribution in [0.15, 0.2) is 64.8 Å². The smallest absolute Gasteiger partial charge is 0.333 e. The third kappa shape index (κ3) is 5.42. The van der Waals surface area contributed by atoms with Gasteiger partial charge in [0.1, 0.15) is 12.4 Å². The van der Waals surface area contributed by atoms with Crippen molar-refractivity contribution in [3.8, 4) is 5.75 Å². The van der Waals surface area contributed by atoms with Gasteiger partial charge in [-0.25, -0.2) is 9.78 Å². The van der Waals surface area contributed by atoms with Gasteiger partial charge in [-0.05, 0) is 56.3 Å². The molecule has 3 aromatic rings. The van der Waals surface area contributed by atoms with E-state index in [9.17, 15) is 4.79 Å². The van der Waals surface area contributed by atoms with Gasteiger partial charge in [0.2, 0.25) is 5.13 Å². The van der Waals surface area contributed by atoms with Crippen LogP contribution in [-0.4, -0.2) is 37.8 Å². The molecule has 8 heteroatoms. The van der Waals surface area contributed by atoms with Gasteiger partial charge in [-0.3, -0.25) is 0 Å². The van der Waals surface area contributed by atoms with Crippen LogP contribution in [-0.2, 0) is 9.53 Å². The molecule has 0 aliphatic rings. The molecule has 0 spiro atoms. The molecule has 0 radical (unpaired) electrons. The number of carbonyl (C=O) groups excluding carboxylic acids is 1. The zero-order valence-corrected chi connectivity index (χ0v) is 18.1. The lowest BCUT2D eigenvalue weighted by Gasteiger charge is -2.22. The van der Waals surface area contributed by atoms with Crippen LogP contribution in [0.4, 0.5) is 16.5 Å². The second-order valence-electron chi connectivity index (χ2n) is 6.54. The average Bonchev–Trinajstić information content (AvgIpc) is 3.17. The Morgan fingerprint density at radius 1 is 1.20 bits per heavy atom. The van der Waals surface area contributed by atoms with E-state index in [1.165, 1.54) is 11.3 Å². The first-order chi connectivity index (χ1) is 14.5. The first kappa shape index (κ1) is 21.4. The van der Waals surface area contributed by atoms with Gasteiger partial charge in [0.05, 0.1) is 29.6 Å². The Morgan fingerprint density at radius 3 is 2.63 bits per heavy atom. The Morgan fingerprint density at radius 2 is 1.97 bits per heavy atom. The van der Waals surface area contributed by atoms with Crippen LogP contribution < -0.4 is 9.64 Å². The molecular formula is C22H24N4O3S. The van der Waals surface area contributed by atoms with Crippen LogP contribution in [0.3, 0.4) is 0 Å². The van der Waals surface area contributed by atoms with Gasteiger partial charge in [0.25, 0.3) is 0 Å². The molecule has 30 heavy (non-hydrogen) atoms. The Labute approximate surface area is 179 Å². The zero-order chi connectivity index (χ0) is 21.5. The summed E-state index contributed by atoms with van der Waals surface area (Å²) in [6, 6.07) is 13.5. The molecule has 2 aromatic carbocycles. The van der Waals surface area contributed by atoms with Gasteiger partial charge in [-0.2, -0.15) is 0 Å². The molecule has 3 rings (SSSR count). The first-order valence-electron chi connectivity index (χ1n) is 9.54. The van der Waals surface area contributed by atoms with Crippen LogP contribution in [0.25, 0.3) is 10.2 Å². The van der Waals surface area contributed by atoms with Crippen molar-refractivity contribution in [1.82, 2.24) is 4.98 Å². The summed E-state index contributed by atoms with van der Waals surface area (Å²) < 4.78 is 11.4. The number of aromatic nitrogens is 1. The van der Waals surface area contributed by atoms with Crippen LogP contribution in [0, 0.1) is 0 Å². The van der Waals surface area contributed by atoms with Gasteiger partial charge in [0.15, 0.2) is 0 Å². The van der Waals surface area contributed by atoms with Crippen LogP contribution in [0.2, 0.25) is 0 Å². The standard InChI is InChI=1S/C22H24N4O3S/c1-5-26(12-13-29-21(27)15(2)3)17-8-6-16(7-9-17)24-25-22-23-19-11-10-18(28-4)14-20(19)30-22/h6-11,14H,2,5,12-13H2,1,3-4H3. The third-order valence-corrected chi connectivity index (χ3v) is 5.28. The summed E-state index contributed by atoms with van der Waals surface area (Å²) in [6.45, 7) is 8.98. The molecule has 0 N–H and O–H groups in total. The third-order valence-electron chi connectivity index (χ3n) is 4.37. The number of ether oxygens (including phenoxy) is 2. The van der Waals surface area contributed by atoms with E-state index in [1.54, 1.807) is 14.0 Å². The molecule has 0 atom stereocenters. The predicted octanol–water partition coefficient (Wildman–Crippen LogP) is 5.67. The second kappa shape index (κ2) is 9.98. The minimum absolute atomic E-state index is 0.309. The highest BCUT2D eigenvalue weighted by Crippen LogP contribution is 2.32. The highest BCUT2D eigenvalue weighted by molar-refractivity contribution is 7.21. The maximum Gasteiger partial charge on any atom is 0.333 e. The molecule has 0 bridgehead atoms. The zero-order valence-electron chi connectivity index (χ0n) is 17.3. The van der Waals surface area contributed by atoms with Crippen molar-refractivity contribution in [2.75, 3.05) is 31.7 Å². The van der Waals surface area contributed by atoms with E-state index >= 15 is 0 Å². The number of carbonyl (C=O) groups is 1. The summed E-state index contributed by atoms with van der Waals surface area (Å²) in [5.41, 5.74) is 3.03. The lowest BCUT2D eigenvalue weighted by molar-refractivity contribution is -0.138. The van der Waals surface area contributed by atoms with E-state index in [4.69, 9.17) is 9.47 Å². The van der Waals surface area contributed by atoms with Crippen LogP contribution in [0.1, 0.15) is 13.8 Å². The molecule has 0 fully saturated rings. The van der Waals surface area contributed by atoms with E-state index < -0.39 is 0 Å². The first-order valence-corrected chi connectivity index (χ1v) is 10.4. The second-order valence-corrected chi connectivity index (χ2v) is 7.55. The number of thiazole rings is 1. The molecule has 0 aliphatic carbocycles.